The molecule has 178 valence electrons. The van der Waals surface area contributed by atoms with Gasteiger partial charge in [0, 0.05) is 17.2 Å². The van der Waals surface area contributed by atoms with Crippen molar-refractivity contribution in [3.8, 4) is 35.5 Å². The summed E-state index contributed by atoms with van der Waals surface area (Å²) in [6.45, 7) is 1.57. The van der Waals surface area contributed by atoms with Crippen LogP contribution < -0.4 is 14.2 Å². The van der Waals surface area contributed by atoms with Gasteiger partial charge >= 0.3 is 0 Å². The van der Waals surface area contributed by atoms with Crippen molar-refractivity contribution < 1.29 is 28.1 Å². The quantitative estimate of drug-likeness (QED) is 0.683. The van der Waals surface area contributed by atoms with Gasteiger partial charge in [-0.05, 0) is 30.3 Å². The van der Waals surface area contributed by atoms with Crippen LogP contribution in [-0.2, 0) is 15.3 Å². The molecule has 2 saturated heterocycles. The number of methoxy groups -OCH3 is 3. The molecule has 9 nitrogen and oxygen atoms in total. The summed E-state index contributed by atoms with van der Waals surface area (Å²) in [6.07, 6.45) is -1.43. The van der Waals surface area contributed by atoms with E-state index in [9.17, 15) is 20.2 Å². The Morgan fingerprint density at radius 2 is 1.49 bits per heavy atom. The van der Waals surface area contributed by atoms with E-state index >= 15 is 0 Å². The zero-order valence-electron chi connectivity index (χ0n) is 19.4. The molecule has 0 aliphatic carbocycles. The first-order valence-electron chi connectivity index (χ1n) is 10.5. The number of halogens is 1. The van der Waals surface area contributed by atoms with Gasteiger partial charge < -0.3 is 23.7 Å². The van der Waals surface area contributed by atoms with Crippen LogP contribution in [-0.4, -0.2) is 27.2 Å². The van der Waals surface area contributed by atoms with E-state index < -0.39 is 40.4 Å². The predicted molar refractivity (Wildman–Crippen MR) is 118 cm³/mol. The fourth-order valence-corrected chi connectivity index (χ4v) is 5.09. The molecule has 4 atom stereocenters. The van der Waals surface area contributed by atoms with Gasteiger partial charge in [0.15, 0.2) is 16.9 Å². The van der Waals surface area contributed by atoms with Crippen LogP contribution in [0.2, 0.25) is 0 Å². The maximum absolute atomic E-state index is 13.7. The van der Waals surface area contributed by atoms with Gasteiger partial charge in [-0.25, -0.2) is 4.39 Å². The monoisotopic (exact) mass is 476 g/mol. The molecule has 4 rings (SSSR count). The summed E-state index contributed by atoms with van der Waals surface area (Å²) >= 11 is 0. The van der Waals surface area contributed by atoms with Crippen LogP contribution in [0.15, 0.2) is 36.4 Å². The van der Waals surface area contributed by atoms with Gasteiger partial charge in [-0.1, -0.05) is 6.92 Å². The first kappa shape index (κ1) is 23.8. The lowest BCUT2D eigenvalue weighted by Crippen LogP contribution is -2.57. The third-order valence-corrected chi connectivity index (χ3v) is 6.93. The maximum atomic E-state index is 13.7. The van der Waals surface area contributed by atoms with Crippen LogP contribution in [0.5, 0.6) is 17.2 Å². The highest BCUT2D eigenvalue weighted by Crippen LogP contribution is 2.69. The van der Waals surface area contributed by atoms with Crippen molar-refractivity contribution in [3.63, 3.8) is 0 Å². The summed E-state index contributed by atoms with van der Waals surface area (Å²) in [6, 6.07) is 14.2. The highest BCUT2D eigenvalue weighted by atomic mass is 19.1. The maximum Gasteiger partial charge on any atom is 0.244 e. The zero-order chi connectivity index (χ0) is 25.6. The Labute approximate surface area is 201 Å². The molecule has 2 aliphatic heterocycles. The van der Waals surface area contributed by atoms with Crippen LogP contribution in [0.4, 0.5) is 4.39 Å². The molecule has 2 aromatic rings. The SMILES string of the molecule is COc1cc(OC)c(C2OC3(c4ccc(F)cc4)OC(=N)C(C#N)(C3C)C2(C#N)C#N)cc1OC. The molecule has 4 unspecified atom stereocenters. The van der Waals surface area contributed by atoms with Gasteiger partial charge in [-0.2, -0.15) is 15.8 Å². The molecule has 0 saturated carbocycles. The minimum absolute atomic E-state index is 0.199. The molecule has 0 aromatic heterocycles. The summed E-state index contributed by atoms with van der Waals surface area (Å²) in [7, 11) is 4.24. The molecular weight excluding hydrogens is 455 g/mol. The average Bonchev–Trinajstić information content (AvgIpc) is 3.04. The van der Waals surface area contributed by atoms with E-state index in [-0.39, 0.29) is 17.1 Å². The van der Waals surface area contributed by atoms with Crippen LogP contribution in [0.3, 0.4) is 0 Å². The normalized spacial score (nSPS) is 28.1. The summed E-state index contributed by atoms with van der Waals surface area (Å²) in [5, 5.41) is 39.9. The molecule has 2 bridgehead atoms. The molecule has 2 aromatic carbocycles. The number of rotatable bonds is 5. The van der Waals surface area contributed by atoms with E-state index in [1.165, 1.54) is 57.7 Å². The van der Waals surface area contributed by atoms with E-state index in [1.54, 1.807) is 6.92 Å². The Balaban J connectivity index is 2.08. The van der Waals surface area contributed by atoms with Crippen molar-refractivity contribution in [3.05, 3.63) is 53.3 Å². The third kappa shape index (κ3) is 2.83. The second-order valence-corrected chi connectivity index (χ2v) is 8.23. The smallest absolute Gasteiger partial charge is 0.244 e. The Kier molecular flexibility index (Phi) is 5.55. The number of benzene rings is 2. The highest BCUT2D eigenvalue weighted by Gasteiger charge is 2.80. The second-order valence-electron chi connectivity index (χ2n) is 8.23. The summed E-state index contributed by atoms with van der Waals surface area (Å²) in [5.41, 5.74) is -3.70. The molecule has 2 aliphatic rings. The number of fused-ring (bicyclic) bond motifs is 2. The number of hydrogen-bond acceptors (Lipinski definition) is 9. The van der Waals surface area contributed by atoms with Crippen LogP contribution in [0.25, 0.3) is 0 Å². The Bertz CT molecular complexity index is 1310. The standard InChI is InChI=1S/C25H21FN4O5/c1-14-24(13-29)22(30)35-25(14,15-5-7-16(26)8-6-15)34-21(23(24,11-27)12-28)17-9-19(32-3)20(33-4)10-18(17)31-2/h5-10,14,21,30H,1-4H3. The van der Waals surface area contributed by atoms with E-state index in [0.29, 0.717) is 11.3 Å². The van der Waals surface area contributed by atoms with Crippen molar-refractivity contribution in [2.24, 2.45) is 16.7 Å². The van der Waals surface area contributed by atoms with Gasteiger partial charge in [-0.15, -0.1) is 0 Å². The largest absolute Gasteiger partial charge is 0.496 e. The first-order valence-corrected chi connectivity index (χ1v) is 10.5. The lowest BCUT2D eigenvalue weighted by atomic mass is 9.53. The number of nitrogens with one attached hydrogen (secondary N) is 1. The molecule has 35 heavy (non-hydrogen) atoms. The van der Waals surface area contributed by atoms with E-state index in [4.69, 9.17) is 29.1 Å². The lowest BCUT2D eigenvalue weighted by Gasteiger charge is -2.49. The number of hydrogen-bond donors (Lipinski definition) is 1. The van der Waals surface area contributed by atoms with Crippen molar-refractivity contribution >= 4 is 5.90 Å². The van der Waals surface area contributed by atoms with Crippen molar-refractivity contribution in [1.29, 1.82) is 21.2 Å². The number of ether oxygens (including phenoxy) is 5. The zero-order valence-corrected chi connectivity index (χ0v) is 19.4. The molecule has 0 amide bonds. The number of nitriles is 3. The molecule has 2 fully saturated rings. The lowest BCUT2D eigenvalue weighted by molar-refractivity contribution is -0.288. The van der Waals surface area contributed by atoms with Gasteiger partial charge in [-0.3, -0.25) is 5.41 Å². The summed E-state index contributed by atoms with van der Waals surface area (Å²) in [4.78, 5) is 0. The summed E-state index contributed by atoms with van der Waals surface area (Å²) < 4.78 is 42.3. The van der Waals surface area contributed by atoms with Crippen molar-refractivity contribution in [2.75, 3.05) is 21.3 Å². The predicted octanol–water partition coefficient (Wildman–Crippen LogP) is 3.96. The topological polar surface area (TPSA) is 141 Å². The van der Waals surface area contributed by atoms with Gasteiger partial charge in [0.05, 0.1) is 45.5 Å². The molecule has 0 spiro atoms. The average molecular weight is 476 g/mol. The van der Waals surface area contributed by atoms with Gasteiger partial charge in [0.1, 0.15) is 17.7 Å². The third-order valence-electron chi connectivity index (χ3n) is 6.93. The van der Waals surface area contributed by atoms with E-state index in [2.05, 4.69) is 6.07 Å². The second kappa shape index (κ2) is 8.16. The Morgan fingerprint density at radius 1 is 0.914 bits per heavy atom. The fraction of sp³-hybridized carbons (Fsp3) is 0.360. The minimum atomic E-state index is -2.22. The molecule has 1 N–H and O–H groups in total. The Morgan fingerprint density at radius 3 is 2.00 bits per heavy atom. The van der Waals surface area contributed by atoms with Crippen molar-refractivity contribution in [2.45, 2.75) is 18.8 Å². The van der Waals surface area contributed by atoms with Gasteiger partial charge in [0.25, 0.3) is 0 Å². The first-order chi connectivity index (χ1) is 16.7. The minimum Gasteiger partial charge on any atom is -0.496 e. The van der Waals surface area contributed by atoms with Gasteiger partial charge in [0.2, 0.25) is 17.1 Å². The molecular formula is C25H21FN4O5. The molecule has 2 heterocycles. The van der Waals surface area contributed by atoms with Crippen LogP contribution in [0, 0.1) is 62.0 Å². The van der Waals surface area contributed by atoms with Crippen molar-refractivity contribution in [1.82, 2.24) is 0 Å². The molecule has 0 radical (unpaired) electrons. The van der Waals surface area contributed by atoms with E-state index in [1.807, 2.05) is 12.1 Å². The van der Waals surface area contributed by atoms with Crippen LogP contribution in [0.1, 0.15) is 24.2 Å². The highest BCUT2D eigenvalue weighted by molar-refractivity contribution is 5.89. The summed E-state index contributed by atoms with van der Waals surface area (Å²) in [5.74, 6) is -3.05. The van der Waals surface area contributed by atoms with Crippen LogP contribution >= 0.6 is 0 Å². The number of nitrogens with zero attached hydrogens (tertiary/aromatic N) is 3. The fourth-order valence-electron chi connectivity index (χ4n) is 5.09. The molecule has 10 heteroatoms. The van der Waals surface area contributed by atoms with E-state index in [0.717, 1.165) is 0 Å². The Hall–Kier alpha value is -4.33.